The van der Waals surface area contributed by atoms with Gasteiger partial charge in [0.1, 0.15) is 30.7 Å². The summed E-state index contributed by atoms with van der Waals surface area (Å²) in [4.78, 5) is 13.8. The Labute approximate surface area is 165 Å². The van der Waals surface area contributed by atoms with E-state index in [0.29, 0.717) is 18.5 Å². The van der Waals surface area contributed by atoms with Crippen molar-refractivity contribution in [2.75, 3.05) is 40.0 Å². The highest BCUT2D eigenvalue weighted by molar-refractivity contribution is 5.76. The van der Waals surface area contributed by atoms with Crippen molar-refractivity contribution in [1.82, 2.24) is 5.32 Å². The zero-order chi connectivity index (χ0) is 19.8. The summed E-state index contributed by atoms with van der Waals surface area (Å²) in [7, 11) is 1.65. The maximum atomic E-state index is 13.7. The van der Waals surface area contributed by atoms with Crippen LogP contribution in [0.1, 0.15) is 23.6 Å². The van der Waals surface area contributed by atoms with Crippen molar-refractivity contribution >= 4 is 5.91 Å². The number of benzene rings is 2. The summed E-state index contributed by atoms with van der Waals surface area (Å²) in [6, 6.07) is 14.7. The van der Waals surface area contributed by atoms with E-state index in [0.717, 1.165) is 37.6 Å². The predicted molar refractivity (Wildman–Crippen MR) is 105 cm³/mol. The lowest BCUT2D eigenvalue weighted by Crippen LogP contribution is -3.15. The Morgan fingerprint density at radius 3 is 2.57 bits per heavy atom. The van der Waals surface area contributed by atoms with Crippen LogP contribution in [0.3, 0.4) is 0 Å². The van der Waals surface area contributed by atoms with E-state index in [1.54, 1.807) is 25.3 Å². The molecule has 3 rings (SSSR count). The number of hydrogen-bond donors (Lipinski definition) is 2. The molecular weight excluding hydrogens is 359 g/mol. The standard InChI is InChI=1S/C22H27FN2O3/c1-27-19-9-6-18(7-10-19)21(25-12-14-28-15-13-25)16-24-22(26)11-8-17-4-2-3-5-20(17)23/h2-7,9-10,21H,8,11-16H2,1H3,(H,24,26)/p+1/t21-/m0/s1. The summed E-state index contributed by atoms with van der Waals surface area (Å²) < 4.78 is 24.5. The third kappa shape index (κ3) is 5.53. The summed E-state index contributed by atoms with van der Waals surface area (Å²) in [5.74, 6) is 0.493. The Hall–Kier alpha value is -2.44. The smallest absolute Gasteiger partial charge is 0.220 e. The maximum absolute atomic E-state index is 13.7. The lowest BCUT2D eigenvalue weighted by molar-refractivity contribution is -0.937. The van der Waals surface area contributed by atoms with E-state index < -0.39 is 0 Å². The molecule has 0 spiro atoms. The molecule has 28 heavy (non-hydrogen) atoms. The molecule has 0 aliphatic carbocycles. The van der Waals surface area contributed by atoms with E-state index >= 15 is 0 Å². The Morgan fingerprint density at radius 2 is 1.89 bits per heavy atom. The van der Waals surface area contributed by atoms with Gasteiger partial charge in [-0.05, 0) is 42.3 Å². The SMILES string of the molecule is COc1ccc([C@H](CNC(=O)CCc2ccccc2F)[NH+]2CCOCC2)cc1. The second-order valence-electron chi connectivity index (χ2n) is 6.99. The molecule has 1 fully saturated rings. The molecule has 1 saturated heterocycles. The number of nitrogens with one attached hydrogen (secondary N) is 2. The molecule has 0 aromatic heterocycles. The van der Waals surface area contributed by atoms with Crippen LogP contribution in [0.4, 0.5) is 4.39 Å². The number of carbonyl (C=O) groups excluding carboxylic acids is 1. The van der Waals surface area contributed by atoms with Crippen molar-refractivity contribution in [2.24, 2.45) is 0 Å². The molecule has 1 atom stereocenters. The highest BCUT2D eigenvalue weighted by Gasteiger charge is 2.26. The lowest BCUT2D eigenvalue weighted by atomic mass is 10.0. The fourth-order valence-corrected chi connectivity index (χ4v) is 3.57. The van der Waals surface area contributed by atoms with Gasteiger partial charge < -0.3 is 19.7 Å². The average Bonchev–Trinajstić information content (AvgIpc) is 2.74. The Bertz CT molecular complexity index is 761. The van der Waals surface area contributed by atoms with E-state index in [-0.39, 0.29) is 24.2 Å². The topological polar surface area (TPSA) is 52.0 Å². The van der Waals surface area contributed by atoms with E-state index in [1.165, 1.54) is 11.0 Å². The van der Waals surface area contributed by atoms with Crippen LogP contribution < -0.4 is 15.0 Å². The van der Waals surface area contributed by atoms with Gasteiger partial charge in [0.05, 0.1) is 26.9 Å². The molecule has 0 saturated carbocycles. The minimum Gasteiger partial charge on any atom is -0.497 e. The van der Waals surface area contributed by atoms with Crippen molar-refractivity contribution < 1.29 is 23.6 Å². The van der Waals surface area contributed by atoms with E-state index in [2.05, 4.69) is 17.4 Å². The fourth-order valence-electron chi connectivity index (χ4n) is 3.57. The number of aryl methyl sites for hydroxylation is 1. The van der Waals surface area contributed by atoms with E-state index in [1.807, 2.05) is 12.1 Å². The van der Waals surface area contributed by atoms with Gasteiger partial charge >= 0.3 is 0 Å². The van der Waals surface area contributed by atoms with Gasteiger partial charge in [-0.3, -0.25) is 4.79 Å². The number of carbonyl (C=O) groups is 1. The second-order valence-corrected chi connectivity index (χ2v) is 6.99. The fraction of sp³-hybridized carbons (Fsp3) is 0.409. The van der Waals surface area contributed by atoms with Gasteiger partial charge in [0, 0.05) is 12.0 Å². The first-order valence-corrected chi connectivity index (χ1v) is 9.73. The normalized spacial score (nSPS) is 15.8. The van der Waals surface area contributed by atoms with Crippen molar-refractivity contribution in [3.8, 4) is 5.75 Å². The minimum atomic E-state index is -0.260. The maximum Gasteiger partial charge on any atom is 0.220 e. The molecule has 2 aromatic carbocycles. The Morgan fingerprint density at radius 1 is 1.18 bits per heavy atom. The lowest BCUT2D eigenvalue weighted by Gasteiger charge is -2.32. The first-order valence-electron chi connectivity index (χ1n) is 9.73. The molecule has 5 nitrogen and oxygen atoms in total. The number of hydrogen-bond acceptors (Lipinski definition) is 3. The van der Waals surface area contributed by atoms with Crippen LogP contribution in [0.25, 0.3) is 0 Å². The number of ether oxygens (including phenoxy) is 2. The first kappa shape index (κ1) is 20.3. The molecule has 2 N–H and O–H groups in total. The summed E-state index contributed by atoms with van der Waals surface area (Å²) >= 11 is 0. The second kappa shape index (κ2) is 10.2. The van der Waals surface area contributed by atoms with Crippen LogP contribution in [0, 0.1) is 5.82 Å². The first-order chi connectivity index (χ1) is 13.7. The van der Waals surface area contributed by atoms with Crippen LogP contribution in [0.2, 0.25) is 0 Å². The van der Waals surface area contributed by atoms with Gasteiger partial charge in [-0.25, -0.2) is 4.39 Å². The van der Waals surface area contributed by atoms with Crippen molar-refractivity contribution in [3.05, 3.63) is 65.5 Å². The van der Waals surface area contributed by atoms with E-state index in [9.17, 15) is 9.18 Å². The third-order valence-corrected chi connectivity index (χ3v) is 5.23. The molecular formula is C22H28FN2O3+. The molecule has 0 radical (unpaired) electrons. The molecule has 0 bridgehead atoms. The molecule has 0 unspecified atom stereocenters. The number of amides is 1. The van der Waals surface area contributed by atoms with Gasteiger partial charge in [-0.2, -0.15) is 0 Å². The highest BCUT2D eigenvalue weighted by atomic mass is 19.1. The van der Waals surface area contributed by atoms with Crippen LogP contribution in [-0.2, 0) is 16.0 Å². The molecule has 6 heteroatoms. The van der Waals surface area contributed by atoms with E-state index in [4.69, 9.17) is 9.47 Å². The zero-order valence-corrected chi connectivity index (χ0v) is 16.2. The average molecular weight is 387 g/mol. The van der Waals surface area contributed by atoms with Crippen LogP contribution >= 0.6 is 0 Å². The summed E-state index contributed by atoms with van der Waals surface area (Å²) in [6.07, 6.45) is 0.671. The van der Waals surface area contributed by atoms with Gasteiger partial charge in [-0.15, -0.1) is 0 Å². The number of halogens is 1. The summed E-state index contributed by atoms with van der Waals surface area (Å²) in [5.41, 5.74) is 1.73. The quantitative estimate of drug-likeness (QED) is 0.723. The molecule has 150 valence electrons. The highest BCUT2D eigenvalue weighted by Crippen LogP contribution is 2.16. The molecule has 2 aromatic rings. The number of morpholine rings is 1. The summed E-state index contributed by atoms with van der Waals surface area (Å²) in [6.45, 7) is 3.80. The van der Waals surface area contributed by atoms with Gasteiger partial charge in [-0.1, -0.05) is 18.2 Å². The van der Waals surface area contributed by atoms with Gasteiger partial charge in [0.2, 0.25) is 5.91 Å². The number of rotatable bonds is 8. The van der Waals surface area contributed by atoms with Crippen molar-refractivity contribution in [3.63, 3.8) is 0 Å². The molecule has 1 aliphatic rings. The monoisotopic (exact) mass is 387 g/mol. The molecule has 1 amide bonds. The Kier molecular flexibility index (Phi) is 7.39. The number of quaternary nitrogens is 1. The van der Waals surface area contributed by atoms with Crippen LogP contribution in [0.5, 0.6) is 5.75 Å². The largest absolute Gasteiger partial charge is 0.497 e. The van der Waals surface area contributed by atoms with Crippen molar-refractivity contribution in [2.45, 2.75) is 18.9 Å². The predicted octanol–water partition coefficient (Wildman–Crippen LogP) is 1.54. The zero-order valence-electron chi connectivity index (χ0n) is 16.2. The summed E-state index contributed by atoms with van der Waals surface area (Å²) in [5, 5.41) is 3.04. The molecule has 1 heterocycles. The number of methoxy groups -OCH3 is 1. The van der Waals surface area contributed by atoms with Crippen molar-refractivity contribution in [1.29, 1.82) is 0 Å². The minimum absolute atomic E-state index is 0.0607. The van der Waals surface area contributed by atoms with Gasteiger partial charge in [0.25, 0.3) is 0 Å². The third-order valence-electron chi connectivity index (χ3n) is 5.23. The molecule has 1 aliphatic heterocycles. The Balaban J connectivity index is 1.60. The van der Waals surface area contributed by atoms with Crippen LogP contribution in [-0.4, -0.2) is 45.9 Å². The van der Waals surface area contributed by atoms with Crippen LogP contribution in [0.15, 0.2) is 48.5 Å². The van der Waals surface area contributed by atoms with Gasteiger partial charge in [0.15, 0.2) is 0 Å².